The summed E-state index contributed by atoms with van der Waals surface area (Å²) < 4.78 is 9.57. The molecule has 4 nitrogen and oxygen atoms in total. The summed E-state index contributed by atoms with van der Waals surface area (Å²) >= 11 is 0. The lowest BCUT2D eigenvalue weighted by Gasteiger charge is -2.06. The Balaban J connectivity index is 2.34. The number of carbonyl (C=O) groups is 2. The van der Waals surface area contributed by atoms with E-state index in [1.54, 1.807) is 6.08 Å². The average molecular weight is 262 g/mol. The highest BCUT2D eigenvalue weighted by molar-refractivity contribution is 5.73. The number of hydrogen-bond donors (Lipinski definition) is 0. The minimum absolute atomic E-state index is 0.146. The van der Waals surface area contributed by atoms with E-state index < -0.39 is 5.97 Å². The molecule has 0 unspecified atom stereocenters. The zero-order valence-corrected chi connectivity index (χ0v) is 11.1. The van der Waals surface area contributed by atoms with E-state index in [4.69, 9.17) is 9.47 Å². The molecule has 0 saturated carbocycles. The first-order valence-electron chi connectivity index (χ1n) is 6.18. The molecule has 0 aromatic heterocycles. The molecule has 0 atom stereocenters. The molecular weight excluding hydrogens is 244 g/mol. The molecule has 19 heavy (non-hydrogen) atoms. The summed E-state index contributed by atoms with van der Waals surface area (Å²) in [6, 6.07) is 7.43. The zero-order chi connectivity index (χ0) is 14.1. The van der Waals surface area contributed by atoms with Crippen LogP contribution in [0.15, 0.2) is 30.8 Å². The molecule has 0 radical (unpaired) electrons. The highest BCUT2D eigenvalue weighted by atomic mass is 16.7. The van der Waals surface area contributed by atoms with Gasteiger partial charge in [0, 0.05) is 6.42 Å². The number of esters is 2. The molecule has 102 valence electrons. The van der Waals surface area contributed by atoms with Crippen molar-refractivity contribution in [2.24, 2.45) is 0 Å². The van der Waals surface area contributed by atoms with Crippen molar-refractivity contribution in [1.82, 2.24) is 0 Å². The Kier molecular flexibility index (Phi) is 6.36. The molecule has 0 aliphatic heterocycles. The van der Waals surface area contributed by atoms with Gasteiger partial charge in [0.05, 0.1) is 6.42 Å². The van der Waals surface area contributed by atoms with Gasteiger partial charge >= 0.3 is 11.9 Å². The van der Waals surface area contributed by atoms with E-state index in [-0.39, 0.29) is 19.2 Å². The smallest absolute Gasteiger partial charge is 0.313 e. The second kappa shape index (κ2) is 8.08. The quantitative estimate of drug-likeness (QED) is 0.560. The van der Waals surface area contributed by atoms with Crippen molar-refractivity contribution in [3.8, 4) is 0 Å². The van der Waals surface area contributed by atoms with E-state index in [1.165, 1.54) is 0 Å². The monoisotopic (exact) mass is 262 g/mol. The van der Waals surface area contributed by atoms with Gasteiger partial charge in [-0.05, 0) is 17.5 Å². The van der Waals surface area contributed by atoms with Crippen LogP contribution in [-0.4, -0.2) is 18.7 Å². The van der Waals surface area contributed by atoms with Gasteiger partial charge in [-0.15, -0.1) is 0 Å². The largest absolute Gasteiger partial charge is 0.428 e. The van der Waals surface area contributed by atoms with Gasteiger partial charge in [-0.2, -0.15) is 0 Å². The van der Waals surface area contributed by atoms with Crippen molar-refractivity contribution in [1.29, 1.82) is 0 Å². The van der Waals surface area contributed by atoms with Crippen LogP contribution in [0.4, 0.5) is 0 Å². The van der Waals surface area contributed by atoms with Crippen LogP contribution in [0.3, 0.4) is 0 Å². The molecule has 0 aliphatic rings. The normalized spacial score (nSPS) is 9.74. The molecule has 0 amide bonds. The first kappa shape index (κ1) is 15.0. The molecule has 1 aromatic carbocycles. The third-order valence-electron chi connectivity index (χ3n) is 2.43. The highest BCUT2D eigenvalue weighted by Gasteiger charge is 2.07. The molecule has 1 rings (SSSR count). The van der Waals surface area contributed by atoms with E-state index in [0.29, 0.717) is 12.8 Å². The van der Waals surface area contributed by atoms with Crippen LogP contribution in [0.5, 0.6) is 0 Å². The first-order valence-corrected chi connectivity index (χ1v) is 6.18. The van der Waals surface area contributed by atoms with Gasteiger partial charge in [0.15, 0.2) is 0 Å². The van der Waals surface area contributed by atoms with Gasteiger partial charge in [-0.1, -0.05) is 43.8 Å². The minimum Gasteiger partial charge on any atom is -0.428 e. The van der Waals surface area contributed by atoms with E-state index in [0.717, 1.165) is 11.1 Å². The third-order valence-corrected chi connectivity index (χ3v) is 2.43. The van der Waals surface area contributed by atoms with E-state index in [2.05, 4.69) is 6.58 Å². The van der Waals surface area contributed by atoms with E-state index in [9.17, 15) is 9.59 Å². The summed E-state index contributed by atoms with van der Waals surface area (Å²) in [6.45, 7) is 5.22. The van der Waals surface area contributed by atoms with Crippen LogP contribution in [0.2, 0.25) is 0 Å². The summed E-state index contributed by atoms with van der Waals surface area (Å²) in [6.07, 6.45) is 2.90. The van der Waals surface area contributed by atoms with Crippen molar-refractivity contribution >= 4 is 18.0 Å². The predicted octanol–water partition coefficient (Wildman–Crippen LogP) is 2.72. The van der Waals surface area contributed by atoms with Crippen LogP contribution in [0, 0.1) is 0 Å². The van der Waals surface area contributed by atoms with Crippen molar-refractivity contribution < 1.29 is 19.1 Å². The maximum Gasteiger partial charge on any atom is 0.313 e. The molecule has 0 N–H and O–H groups in total. The second-order valence-electron chi connectivity index (χ2n) is 4.03. The van der Waals surface area contributed by atoms with Crippen molar-refractivity contribution in [3.05, 3.63) is 42.0 Å². The lowest BCUT2D eigenvalue weighted by atomic mass is 10.1. The van der Waals surface area contributed by atoms with Crippen LogP contribution in [0.1, 0.15) is 30.9 Å². The Morgan fingerprint density at radius 3 is 2.68 bits per heavy atom. The van der Waals surface area contributed by atoms with Gasteiger partial charge in [0.25, 0.3) is 0 Å². The van der Waals surface area contributed by atoms with Crippen LogP contribution in [0.25, 0.3) is 6.08 Å². The molecule has 1 aromatic rings. The summed E-state index contributed by atoms with van der Waals surface area (Å²) in [5.74, 6) is -0.783. The standard InChI is InChI=1S/C15H18O4/c1-3-6-14(16)18-11-19-15(17)10-13-8-5-7-12(4-2)9-13/h4-5,7-9H,2-3,6,10-11H2,1H3. The first-order chi connectivity index (χ1) is 9.15. The summed E-state index contributed by atoms with van der Waals surface area (Å²) in [5, 5.41) is 0. The van der Waals surface area contributed by atoms with Crippen LogP contribution >= 0.6 is 0 Å². The molecular formula is C15H18O4. The predicted molar refractivity (Wildman–Crippen MR) is 72.2 cm³/mol. The number of benzene rings is 1. The van der Waals surface area contributed by atoms with E-state index in [1.807, 2.05) is 31.2 Å². The number of rotatable bonds is 7. The Hall–Kier alpha value is -2.10. The molecule has 0 heterocycles. The van der Waals surface area contributed by atoms with E-state index >= 15 is 0 Å². The Morgan fingerprint density at radius 1 is 1.26 bits per heavy atom. The highest BCUT2D eigenvalue weighted by Crippen LogP contribution is 2.07. The lowest BCUT2D eigenvalue weighted by Crippen LogP contribution is -2.14. The van der Waals surface area contributed by atoms with Gasteiger partial charge in [-0.3, -0.25) is 9.59 Å². The zero-order valence-electron chi connectivity index (χ0n) is 11.1. The van der Waals surface area contributed by atoms with Crippen LogP contribution < -0.4 is 0 Å². The second-order valence-corrected chi connectivity index (χ2v) is 4.03. The van der Waals surface area contributed by atoms with Crippen molar-refractivity contribution in [3.63, 3.8) is 0 Å². The minimum atomic E-state index is -0.425. The van der Waals surface area contributed by atoms with Crippen LogP contribution in [-0.2, 0) is 25.5 Å². The third kappa shape index (κ3) is 5.86. The molecule has 0 fully saturated rings. The number of hydrogen-bond acceptors (Lipinski definition) is 4. The summed E-state index contributed by atoms with van der Waals surface area (Å²) in [5.41, 5.74) is 1.78. The van der Waals surface area contributed by atoms with Gasteiger partial charge in [0.1, 0.15) is 0 Å². The Bertz CT molecular complexity index is 451. The Morgan fingerprint density at radius 2 is 2.00 bits per heavy atom. The molecule has 0 saturated heterocycles. The van der Waals surface area contributed by atoms with Gasteiger partial charge < -0.3 is 9.47 Å². The maximum absolute atomic E-state index is 11.5. The Labute approximate surface area is 113 Å². The fourth-order valence-corrected chi connectivity index (χ4v) is 1.48. The topological polar surface area (TPSA) is 52.6 Å². The fourth-order valence-electron chi connectivity index (χ4n) is 1.48. The number of ether oxygens (including phenoxy) is 2. The summed E-state index contributed by atoms with van der Waals surface area (Å²) in [4.78, 5) is 22.6. The number of carbonyl (C=O) groups excluding carboxylic acids is 2. The molecule has 0 aliphatic carbocycles. The fraction of sp³-hybridized carbons (Fsp3) is 0.333. The lowest BCUT2D eigenvalue weighted by molar-refractivity contribution is -0.166. The van der Waals surface area contributed by atoms with Crippen molar-refractivity contribution in [2.75, 3.05) is 6.79 Å². The SMILES string of the molecule is C=Cc1cccc(CC(=O)OCOC(=O)CCC)c1. The van der Waals surface area contributed by atoms with Gasteiger partial charge in [-0.25, -0.2) is 0 Å². The average Bonchev–Trinajstić information content (AvgIpc) is 2.39. The maximum atomic E-state index is 11.5. The molecule has 0 bridgehead atoms. The van der Waals surface area contributed by atoms with Gasteiger partial charge in [0.2, 0.25) is 6.79 Å². The molecule has 4 heteroatoms. The summed E-state index contributed by atoms with van der Waals surface area (Å²) in [7, 11) is 0. The molecule has 0 spiro atoms. The van der Waals surface area contributed by atoms with Crippen molar-refractivity contribution in [2.45, 2.75) is 26.2 Å².